The minimum atomic E-state index is -0.579. The molecule has 0 saturated heterocycles. The summed E-state index contributed by atoms with van der Waals surface area (Å²) in [6.07, 6.45) is 1.78. The van der Waals surface area contributed by atoms with Crippen LogP contribution in [0.2, 0.25) is 0 Å². The fraction of sp³-hybridized carbons (Fsp3) is 0.360. The van der Waals surface area contributed by atoms with Gasteiger partial charge >= 0.3 is 11.9 Å². The Labute approximate surface area is 179 Å². The molecular weight excluding hydrogens is 378 g/mol. The van der Waals surface area contributed by atoms with Crippen LogP contribution in [0.5, 0.6) is 0 Å². The molecule has 160 valence electrons. The molecule has 0 aliphatic heterocycles. The summed E-state index contributed by atoms with van der Waals surface area (Å²) >= 11 is 0. The van der Waals surface area contributed by atoms with Gasteiger partial charge in [-0.2, -0.15) is 0 Å². The highest BCUT2D eigenvalue weighted by Crippen LogP contribution is 2.24. The van der Waals surface area contributed by atoms with Crippen LogP contribution < -0.4 is 5.32 Å². The third kappa shape index (κ3) is 7.16. The predicted octanol–water partition coefficient (Wildman–Crippen LogP) is 4.91. The van der Waals surface area contributed by atoms with Crippen molar-refractivity contribution in [3.8, 4) is 11.1 Å². The van der Waals surface area contributed by atoms with Gasteiger partial charge in [0.2, 0.25) is 0 Å². The van der Waals surface area contributed by atoms with Crippen molar-refractivity contribution in [1.82, 2.24) is 5.32 Å². The lowest BCUT2D eigenvalue weighted by Crippen LogP contribution is -2.25. The number of hydrogen-bond donors (Lipinski definition) is 1. The first kappa shape index (κ1) is 23.4. The lowest BCUT2D eigenvalue weighted by Gasteiger charge is -2.21. The third-order valence-electron chi connectivity index (χ3n) is 4.30. The van der Waals surface area contributed by atoms with E-state index in [0.29, 0.717) is 30.8 Å². The number of carbonyl (C=O) groups excluding carboxylic acids is 2. The molecular formula is C25H31NO4. The van der Waals surface area contributed by atoms with E-state index in [2.05, 4.69) is 5.32 Å². The minimum Gasteiger partial charge on any atom is -0.463 e. The first-order valence-electron chi connectivity index (χ1n) is 10.2. The van der Waals surface area contributed by atoms with Crippen molar-refractivity contribution in [2.75, 3.05) is 13.2 Å². The van der Waals surface area contributed by atoms with E-state index in [4.69, 9.17) is 9.47 Å². The van der Waals surface area contributed by atoms with E-state index in [1.807, 2.05) is 69.3 Å². The van der Waals surface area contributed by atoms with Gasteiger partial charge in [0.25, 0.3) is 0 Å². The predicted molar refractivity (Wildman–Crippen MR) is 119 cm³/mol. The third-order valence-corrected chi connectivity index (χ3v) is 4.30. The number of rotatable bonds is 8. The zero-order valence-corrected chi connectivity index (χ0v) is 18.5. The topological polar surface area (TPSA) is 64.6 Å². The summed E-state index contributed by atoms with van der Waals surface area (Å²) in [5.74, 6) is -0.670. The van der Waals surface area contributed by atoms with E-state index >= 15 is 0 Å². The first-order valence-corrected chi connectivity index (χ1v) is 10.2. The Hall–Kier alpha value is -2.92. The van der Waals surface area contributed by atoms with Gasteiger partial charge in [0.05, 0.1) is 12.2 Å². The molecule has 2 rings (SSSR count). The van der Waals surface area contributed by atoms with Crippen molar-refractivity contribution >= 4 is 11.9 Å². The second-order valence-electron chi connectivity index (χ2n) is 7.98. The molecule has 0 bridgehead atoms. The summed E-state index contributed by atoms with van der Waals surface area (Å²) in [7, 11) is 0. The number of hydrogen-bond acceptors (Lipinski definition) is 5. The minimum absolute atomic E-state index is 0.319. The largest absolute Gasteiger partial charge is 0.463 e. The summed E-state index contributed by atoms with van der Waals surface area (Å²) in [4.78, 5) is 24.5. The Balaban J connectivity index is 2.20. The zero-order valence-electron chi connectivity index (χ0n) is 18.5. The lowest BCUT2D eigenvalue weighted by atomic mass is 9.98. The van der Waals surface area contributed by atoms with Gasteiger partial charge in [-0.05, 0) is 57.4 Å². The van der Waals surface area contributed by atoms with Gasteiger partial charge in [-0.25, -0.2) is 9.59 Å². The van der Waals surface area contributed by atoms with Crippen LogP contribution >= 0.6 is 0 Å². The molecule has 0 aliphatic rings. The molecule has 0 heterocycles. The summed E-state index contributed by atoms with van der Waals surface area (Å²) in [5.41, 5.74) is 3.34. The van der Waals surface area contributed by atoms with Gasteiger partial charge in [0.1, 0.15) is 5.60 Å². The Morgan fingerprint density at radius 3 is 2.37 bits per heavy atom. The molecule has 0 aliphatic carbocycles. The number of esters is 2. The summed E-state index contributed by atoms with van der Waals surface area (Å²) < 4.78 is 10.6. The van der Waals surface area contributed by atoms with Crippen molar-refractivity contribution < 1.29 is 19.1 Å². The Kier molecular flexibility index (Phi) is 8.36. The SMILES string of the molecule is CCOC(=O)/C(C)=C/CNCc1ccc(-c2ccccc2)cc1C(=O)OC(C)(C)C. The second kappa shape index (κ2) is 10.7. The zero-order chi connectivity index (χ0) is 22.1. The van der Waals surface area contributed by atoms with Crippen LogP contribution in [0.4, 0.5) is 0 Å². The second-order valence-corrected chi connectivity index (χ2v) is 7.98. The standard InChI is InChI=1S/C25H31NO4/c1-6-29-23(27)18(2)14-15-26-17-21-13-12-20(19-10-8-7-9-11-19)16-22(21)24(28)30-25(3,4)5/h7-14,16,26H,6,15,17H2,1-5H3/b18-14+. The fourth-order valence-corrected chi connectivity index (χ4v) is 2.82. The Bertz CT molecular complexity index is 895. The highest BCUT2D eigenvalue weighted by atomic mass is 16.6. The molecule has 30 heavy (non-hydrogen) atoms. The van der Waals surface area contributed by atoms with E-state index in [9.17, 15) is 9.59 Å². The van der Waals surface area contributed by atoms with E-state index < -0.39 is 5.60 Å². The summed E-state index contributed by atoms with van der Waals surface area (Å²) in [6, 6.07) is 15.7. The molecule has 0 amide bonds. The maximum atomic E-state index is 12.8. The molecule has 0 unspecified atom stereocenters. The molecule has 0 radical (unpaired) electrons. The van der Waals surface area contributed by atoms with Gasteiger partial charge < -0.3 is 14.8 Å². The highest BCUT2D eigenvalue weighted by molar-refractivity contribution is 5.93. The maximum absolute atomic E-state index is 12.8. The molecule has 1 N–H and O–H groups in total. The molecule has 0 atom stereocenters. The quantitative estimate of drug-likeness (QED) is 0.381. The smallest absolute Gasteiger partial charge is 0.338 e. The fourth-order valence-electron chi connectivity index (χ4n) is 2.82. The van der Waals surface area contributed by atoms with Crippen LogP contribution in [0.25, 0.3) is 11.1 Å². The van der Waals surface area contributed by atoms with E-state index in [-0.39, 0.29) is 11.9 Å². The van der Waals surface area contributed by atoms with Crippen molar-refractivity contribution in [3.05, 3.63) is 71.3 Å². The average molecular weight is 410 g/mol. The molecule has 2 aromatic carbocycles. The van der Waals surface area contributed by atoms with Crippen LogP contribution in [0.1, 0.15) is 50.5 Å². The number of ether oxygens (including phenoxy) is 2. The van der Waals surface area contributed by atoms with Gasteiger partial charge in [-0.3, -0.25) is 0 Å². The Morgan fingerprint density at radius 1 is 1.03 bits per heavy atom. The Morgan fingerprint density at radius 2 is 1.73 bits per heavy atom. The highest BCUT2D eigenvalue weighted by Gasteiger charge is 2.21. The molecule has 2 aromatic rings. The van der Waals surface area contributed by atoms with Crippen LogP contribution in [0.3, 0.4) is 0 Å². The van der Waals surface area contributed by atoms with E-state index in [1.165, 1.54) is 0 Å². The first-order chi connectivity index (χ1) is 14.2. The van der Waals surface area contributed by atoms with Crippen LogP contribution in [-0.2, 0) is 20.8 Å². The van der Waals surface area contributed by atoms with Gasteiger partial charge in [0.15, 0.2) is 0 Å². The molecule has 0 fully saturated rings. The van der Waals surface area contributed by atoms with Crippen LogP contribution in [-0.4, -0.2) is 30.7 Å². The maximum Gasteiger partial charge on any atom is 0.338 e. The van der Waals surface area contributed by atoms with Gasteiger partial charge in [-0.1, -0.05) is 48.5 Å². The number of nitrogens with one attached hydrogen (secondary N) is 1. The average Bonchev–Trinajstić information content (AvgIpc) is 2.70. The van der Waals surface area contributed by atoms with Crippen molar-refractivity contribution in [2.45, 2.75) is 46.8 Å². The van der Waals surface area contributed by atoms with Crippen molar-refractivity contribution in [1.29, 1.82) is 0 Å². The van der Waals surface area contributed by atoms with Crippen molar-refractivity contribution in [2.24, 2.45) is 0 Å². The van der Waals surface area contributed by atoms with E-state index in [0.717, 1.165) is 16.7 Å². The number of benzene rings is 2. The monoisotopic (exact) mass is 409 g/mol. The summed E-state index contributed by atoms with van der Waals surface area (Å²) in [6.45, 7) is 10.4. The number of carbonyl (C=O) groups is 2. The van der Waals surface area contributed by atoms with Crippen LogP contribution in [0.15, 0.2) is 60.2 Å². The van der Waals surface area contributed by atoms with Gasteiger partial charge in [0, 0.05) is 18.7 Å². The van der Waals surface area contributed by atoms with Crippen molar-refractivity contribution in [3.63, 3.8) is 0 Å². The van der Waals surface area contributed by atoms with Gasteiger partial charge in [-0.15, -0.1) is 0 Å². The molecule has 5 heteroatoms. The molecule has 5 nitrogen and oxygen atoms in total. The molecule has 0 saturated carbocycles. The molecule has 0 spiro atoms. The van der Waals surface area contributed by atoms with Crippen LogP contribution in [0, 0.1) is 0 Å². The summed E-state index contributed by atoms with van der Waals surface area (Å²) in [5, 5.41) is 3.25. The lowest BCUT2D eigenvalue weighted by molar-refractivity contribution is -0.138. The normalized spacial score (nSPS) is 11.8. The van der Waals surface area contributed by atoms with E-state index in [1.54, 1.807) is 19.9 Å². The molecule has 0 aromatic heterocycles.